The number of hydrogen-bond acceptors (Lipinski definition) is 5. The zero-order chi connectivity index (χ0) is 18.7. The summed E-state index contributed by atoms with van der Waals surface area (Å²) in [5.74, 6) is 0.652. The lowest BCUT2D eigenvalue weighted by molar-refractivity contribution is 0.415. The Bertz CT molecular complexity index is 1070. The van der Waals surface area contributed by atoms with Crippen molar-refractivity contribution >= 4 is 49.6 Å². The molecule has 134 valence electrons. The van der Waals surface area contributed by atoms with Gasteiger partial charge in [-0.2, -0.15) is 0 Å². The highest BCUT2D eigenvalue weighted by Crippen LogP contribution is 2.28. The van der Waals surface area contributed by atoms with Crippen molar-refractivity contribution in [2.24, 2.45) is 5.14 Å². The lowest BCUT2D eigenvalue weighted by Crippen LogP contribution is -2.19. The van der Waals surface area contributed by atoms with Crippen LogP contribution in [0, 0.1) is 0 Å². The Labute approximate surface area is 156 Å². The van der Waals surface area contributed by atoms with Crippen LogP contribution in [-0.4, -0.2) is 25.6 Å². The number of sulfonamides is 1. The number of nitrogens with two attached hydrogens (primary N) is 1. The maximum Gasteiger partial charge on any atom is 0.238 e. The van der Waals surface area contributed by atoms with Crippen LogP contribution in [0.4, 0.5) is 11.4 Å². The van der Waals surface area contributed by atoms with Crippen LogP contribution in [0.15, 0.2) is 59.6 Å². The fourth-order valence-corrected chi connectivity index (χ4v) is 3.13. The normalized spacial score (nSPS) is 11.2. The number of pyridine rings is 1. The van der Waals surface area contributed by atoms with E-state index in [1.165, 1.54) is 12.1 Å². The molecule has 3 rings (SSSR count). The van der Waals surface area contributed by atoms with Gasteiger partial charge in [-0.25, -0.2) is 13.6 Å². The highest BCUT2D eigenvalue weighted by molar-refractivity contribution is 7.89. The van der Waals surface area contributed by atoms with Gasteiger partial charge < -0.3 is 15.4 Å². The smallest absolute Gasteiger partial charge is 0.238 e. The third-order valence-corrected chi connectivity index (χ3v) is 4.75. The molecule has 4 N–H and O–H groups in total. The highest BCUT2D eigenvalue weighted by Gasteiger charge is 2.09. The van der Waals surface area contributed by atoms with Crippen molar-refractivity contribution in [2.45, 2.75) is 4.90 Å². The van der Waals surface area contributed by atoms with Crippen molar-refractivity contribution in [1.82, 2.24) is 4.98 Å². The molecule has 0 atom stereocenters. The number of benzene rings is 2. The first kappa shape index (κ1) is 18.1. The zero-order valence-corrected chi connectivity index (χ0v) is 15.4. The second-order valence-electron chi connectivity index (χ2n) is 5.39. The molecule has 0 bridgehead atoms. The van der Waals surface area contributed by atoms with Crippen LogP contribution in [0.3, 0.4) is 0 Å². The third-order valence-electron chi connectivity index (χ3n) is 3.62. The van der Waals surface area contributed by atoms with Crippen molar-refractivity contribution in [3.8, 4) is 5.75 Å². The first-order chi connectivity index (χ1) is 12.4. The maximum atomic E-state index is 11.3. The second-order valence-corrected chi connectivity index (χ2v) is 7.36. The second kappa shape index (κ2) is 7.24. The minimum Gasteiger partial charge on any atom is -0.497 e. The molecule has 1 heterocycles. The first-order valence-electron chi connectivity index (χ1n) is 7.50. The number of hydrogen-bond donors (Lipinski definition) is 3. The molecule has 0 radical (unpaired) electrons. The van der Waals surface area contributed by atoms with Crippen LogP contribution >= 0.6 is 12.2 Å². The van der Waals surface area contributed by atoms with Gasteiger partial charge >= 0.3 is 0 Å². The molecule has 0 aliphatic rings. The molecule has 0 spiro atoms. The van der Waals surface area contributed by atoms with E-state index in [0.717, 1.165) is 16.6 Å². The van der Waals surface area contributed by atoms with Gasteiger partial charge in [0.15, 0.2) is 5.11 Å². The number of anilines is 2. The van der Waals surface area contributed by atoms with Gasteiger partial charge in [0.1, 0.15) is 5.75 Å². The molecule has 0 saturated heterocycles. The van der Waals surface area contributed by atoms with E-state index in [9.17, 15) is 8.42 Å². The van der Waals surface area contributed by atoms with Gasteiger partial charge in [0.2, 0.25) is 10.0 Å². The Balaban J connectivity index is 1.81. The Hall–Kier alpha value is -2.75. The zero-order valence-electron chi connectivity index (χ0n) is 13.8. The van der Waals surface area contributed by atoms with Gasteiger partial charge in [-0.3, -0.25) is 4.98 Å². The Morgan fingerprint density at radius 1 is 1.15 bits per heavy atom. The van der Waals surface area contributed by atoms with Crippen molar-refractivity contribution in [2.75, 3.05) is 17.7 Å². The summed E-state index contributed by atoms with van der Waals surface area (Å²) >= 11 is 5.34. The van der Waals surface area contributed by atoms with Gasteiger partial charge in [-0.15, -0.1) is 0 Å². The molecule has 1 aromatic heterocycles. The number of primary sulfonamides is 1. The Kier molecular flexibility index (Phi) is 5.03. The van der Waals surface area contributed by atoms with E-state index in [1.54, 1.807) is 25.4 Å². The van der Waals surface area contributed by atoms with Crippen molar-refractivity contribution in [1.29, 1.82) is 0 Å². The molecule has 26 heavy (non-hydrogen) atoms. The molecule has 3 aromatic rings. The summed E-state index contributed by atoms with van der Waals surface area (Å²) in [5, 5.41) is 12.4. The largest absolute Gasteiger partial charge is 0.497 e. The van der Waals surface area contributed by atoms with Gasteiger partial charge in [0.05, 0.1) is 23.2 Å². The number of fused-ring (bicyclic) bond motifs is 1. The minimum absolute atomic E-state index is 0.0341. The molecule has 0 fully saturated rings. The predicted octanol–water partition coefficient (Wildman–Crippen LogP) is 2.70. The lowest BCUT2D eigenvalue weighted by atomic mass is 10.1. The van der Waals surface area contributed by atoms with E-state index in [2.05, 4.69) is 15.6 Å². The van der Waals surface area contributed by atoms with Crippen LogP contribution in [0.25, 0.3) is 10.9 Å². The topological polar surface area (TPSA) is 106 Å². The molecule has 7 nitrogen and oxygen atoms in total. The first-order valence-corrected chi connectivity index (χ1v) is 9.46. The summed E-state index contributed by atoms with van der Waals surface area (Å²) in [5.41, 5.74) is 2.14. The Morgan fingerprint density at radius 2 is 1.88 bits per heavy atom. The summed E-state index contributed by atoms with van der Waals surface area (Å²) in [6, 6.07) is 13.4. The van der Waals surface area contributed by atoms with E-state index in [0.29, 0.717) is 16.5 Å². The fraction of sp³-hybridized carbons (Fsp3) is 0.0588. The summed E-state index contributed by atoms with van der Waals surface area (Å²) in [4.78, 5) is 4.36. The van der Waals surface area contributed by atoms with Crippen molar-refractivity contribution in [3.05, 3.63) is 54.7 Å². The van der Waals surface area contributed by atoms with Crippen LogP contribution < -0.4 is 20.5 Å². The summed E-state index contributed by atoms with van der Waals surface area (Å²) in [7, 11) is -2.14. The number of thiocarbonyl (C=S) groups is 1. The SMILES string of the molecule is COc1cc(NC(=S)Nc2ccc(S(N)(=O)=O)cc2)c2cccnc2c1. The molecule has 9 heteroatoms. The number of rotatable bonds is 4. The highest BCUT2D eigenvalue weighted by atomic mass is 32.2. The summed E-state index contributed by atoms with van der Waals surface area (Å²) in [6.45, 7) is 0. The standard InChI is InChI=1S/C17H16N4O3S2/c1-24-12-9-15-14(3-2-8-19-15)16(10-12)21-17(25)20-11-4-6-13(7-5-11)26(18,22)23/h2-10H,1H3,(H2,18,22,23)(H2,20,21,25). The molecule has 0 aliphatic heterocycles. The fourth-order valence-electron chi connectivity index (χ4n) is 2.39. The number of ether oxygens (including phenoxy) is 1. The van der Waals surface area contributed by atoms with Gasteiger partial charge in [-0.05, 0) is 48.6 Å². The molecule has 0 aliphatic carbocycles. The molecule has 0 amide bonds. The summed E-state index contributed by atoms with van der Waals surface area (Å²) in [6.07, 6.45) is 1.70. The van der Waals surface area contributed by atoms with E-state index < -0.39 is 10.0 Å². The molecular formula is C17H16N4O3S2. The van der Waals surface area contributed by atoms with Crippen LogP contribution in [0.1, 0.15) is 0 Å². The molecular weight excluding hydrogens is 372 g/mol. The van der Waals surface area contributed by atoms with Crippen molar-refractivity contribution < 1.29 is 13.2 Å². The lowest BCUT2D eigenvalue weighted by Gasteiger charge is -2.14. The quantitative estimate of drug-likeness (QED) is 0.590. The third kappa shape index (κ3) is 4.07. The van der Waals surface area contributed by atoms with Crippen LogP contribution in [0.2, 0.25) is 0 Å². The van der Waals surface area contributed by atoms with Crippen LogP contribution in [-0.2, 0) is 10.0 Å². The Morgan fingerprint density at radius 3 is 2.54 bits per heavy atom. The number of nitrogens with zero attached hydrogens (tertiary/aromatic N) is 1. The van der Waals surface area contributed by atoms with E-state index in [-0.39, 0.29) is 4.90 Å². The average molecular weight is 388 g/mol. The minimum atomic E-state index is -3.73. The van der Waals surface area contributed by atoms with Crippen LogP contribution in [0.5, 0.6) is 5.75 Å². The van der Waals surface area contributed by atoms with E-state index in [1.807, 2.05) is 24.3 Å². The van der Waals surface area contributed by atoms with Gasteiger partial charge in [0.25, 0.3) is 0 Å². The molecule has 2 aromatic carbocycles. The molecule has 0 saturated carbocycles. The number of methoxy groups -OCH3 is 1. The number of aromatic nitrogens is 1. The van der Waals surface area contributed by atoms with Crippen molar-refractivity contribution in [3.63, 3.8) is 0 Å². The average Bonchev–Trinajstić information content (AvgIpc) is 2.61. The van der Waals surface area contributed by atoms with E-state index >= 15 is 0 Å². The monoisotopic (exact) mass is 388 g/mol. The van der Waals surface area contributed by atoms with Gasteiger partial charge in [0, 0.05) is 29.4 Å². The van der Waals surface area contributed by atoms with E-state index in [4.69, 9.17) is 22.1 Å². The molecule has 0 unspecified atom stereocenters. The maximum absolute atomic E-state index is 11.3. The number of nitrogens with one attached hydrogen (secondary N) is 2. The van der Waals surface area contributed by atoms with Gasteiger partial charge in [-0.1, -0.05) is 0 Å². The summed E-state index contributed by atoms with van der Waals surface area (Å²) < 4.78 is 27.9. The predicted molar refractivity (Wildman–Crippen MR) is 106 cm³/mol.